The highest BCUT2D eigenvalue weighted by atomic mass is 32.2. The summed E-state index contributed by atoms with van der Waals surface area (Å²) < 4.78 is 35.5. The first kappa shape index (κ1) is 22.1. The molecular formula is C24H25NO6S. The van der Waals surface area contributed by atoms with Crippen LogP contribution in [0.3, 0.4) is 0 Å². The van der Waals surface area contributed by atoms with Crippen molar-refractivity contribution in [3.63, 3.8) is 0 Å². The van der Waals surface area contributed by atoms with Crippen LogP contribution in [0.1, 0.15) is 35.0 Å². The van der Waals surface area contributed by atoms with Crippen LogP contribution in [0.4, 0.5) is 0 Å². The van der Waals surface area contributed by atoms with E-state index in [9.17, 15) is 18.0 Å². The van der Waals surface area contributed by atoms with Gasteiger partial charge < -0.3 is 14.1 Å². The van der Waals surface area contributed by atoms with E-state index in [0.717, 1.165) is 11.1 Å². The molecule has 3 aromatic rings. The SMILES string of the molecule is CCOc1ccc(CN(C(=O)c2cc(=O)c3cc(C)ccc3o2)[C@@H]2CCS(=O)(=O)C2)cc1. The van der Waals surface area contributed by atoms with Gasteiger partial charge in [-0.05, 0) is 50.1 Å². The smallest absolute Gasteiger partial charge is 0.290 e. The fourth-order valence-corrected chi connectivity index (χ4v) is 5.69. The first-order chi connectivity index (χ1) is 15.3. The quantitative estimate of drug-likeness (QED) is 0.566. The topological polar surface area (TPSA) is 93.9 Å². The lowest BCUT2D eigenvalue weighted by atomic mass is 10.1. The maximum Gasteiger partial charge on any atom is 0.290 e. The molecule has 2 aromatic carbocycles. The van der Waals surface area contributed by atoms with Gasteiger partial charge in [-0.3, -0.25) is 9.59 Å². The number of carbonyl (C=O) groups excluding carboxylic acids is 1. The minimum Gasteiger partial charge on any atom is -0.494 e. The van der Waals surface area contributed by atoms with E-state index in [-0.39, 0.29) is 29.2 Å². The van der Waals surface area contributed by atoms with Gasteiger partial charge in [0, 0.05) is 18.7 Å². The van der Waals surface area contributed by atoms with E-state index in [1.54, 1.807) is 18.2 Å². The van der Waals surface area contributed by atoms with Gasteiger partial charge in [0.15, 0.2) is 21.0 Å². The second-order valence-corrected chi connectivity index (χ2v) is 10.3. The van der Waals surface area contributed by atoms with Crippen molar-refractivity contribution in [2.75, 3.05) is 18.1 Å². The molecule has 0 unspecified atom stereocenters. The molecule has 0 aliphatic carbocycles. The van der Waals surface area contributed by atoms with E-state index >= 15 is 0 Å². The molecule has 168 valence electrons. The zero-order valence-corrected chi connectivity index (χ0v) is 18.9. The number of aryl methyl sites for hydroxylation is 1. The van der Waals surface area contributed by atoms with Gasteiger partial charge in [-0.15, -0.1) is 0 Å². The predicted octanol–water partition coefficient (Wildman–Crippen LogP) is 3.33. The van der Waals surface area contributed by atoms with Crippen molar-refractivity contribution >= 4 is 26.7 Å². The summed E-state index contributed by atoms with van der Waals surface area (Å²) in [6.07, 6.45) is 0.349. The lowest BCUT2D eigenvalue weighted by Gasteiger charge is -2.28. The molecule has 1 aromatic heterocycles. The van der Waals surface area contributed by atoms with Gasteiger partial charge >= 0.3 is 0 Å². The summed E-state index contributed by atoms with van der Waals surface area (Å²) in [5.41, 5.74) is 1.76. The van der Waals surface area contributed by atoms with Crippen LogP contribution in [0.15, 0.2) is 57.7 Å². The number of ether oxygens (including phenoxy) is 1. The highest BCUT2D eigenvalue weighted by molar-refractivity contribution is 7.91. The van der Waals surface area contributed by atoms with Crippen molar-refractivity contribution in [3.8, 4) is 5.75 Å². The minimum atomic E-state index is -3.22. The summed E-state index contributed by atoms with van der Waals surface area (Å²) >= 11 is 0. The normalized spacial score (nSPS) is 17.4. The average Bonchev–Trinajstić information content (AvgIpc) is 3.12. The van der Waals surface area contributed by atoms with Crippen LogP contribution in [0.5, 0.6) is 5.75 Å². The number of hydrogen-bond donors (Lipinski definition) is 0. The van der Waals surface area contributed by atoms with Gasteiger partial charge in [-0.25, -0.2) is 8.42 Å². The van der Waals surface area contributed by atoms with Gasteiger partial charge in [0.25, 0.3) is 5.91 Å². The van der Waals surface area contributed by atoms with Crippen molar-refractivity contribution in [2.24, 2.45) is 0 Å². The number of rotatable bonds is 6. The van der Waals surface area contributed by atoms with Crippen LogP contribution in [0.2, 0.25) is 0 Å². The molecule has 1 aliphatic heterocycles. The summed E-state index contributed by atoms with van der Waals surface area (Å²) in [6, 6.07) is 13.2. The molecule has 7 nitrogen and oxygen atoms in total. The largest absolute Gasteiger partial charge is 0.494 e. The average molecular weight is 456 g/mol. The second-order valence-electron chi connectivity index (χ2n) is 8.04. The third-order valence-corrected chi connectivity index (χ3v) is 7.34. The van der Waals surface area contributed by atoms with E-state index in [0.29, 0.717) is 29.7 Å². The van der Waals surface area contributed by atoms with Crippen molar-refractivity contribution in [1.29, 1.82) is 0 Å². The molecule has 0 spiro atoms. The van der Waals surface area contributed by atoms with Crippen LogP contribution >= 0.6 is 0 Å². The Balaban J connectivity index is 1.69. The Bertz CT molecular complexity index is 1310. The third-order valence-electron chi connectivity index (χ3n) is 5.59. The second kappa shape index (κ2) is 8.78. The maximum atomic E-state index is 13.5. The number of hydrogen-bond acceptors (Lipinski definition) is 6. The summed E-state index contributed by atoms with van der Waals surface area (Å²) in [6.45, 7) is 4.51. The zero-order chi connectivity index (χ0) is 22.9. The fraction of sp³-hybridized carbons (Fsp3) is 0.333. The first-order valence-corrected chi connectivity index (χ1v) is 12.4. The van der Waals surface area contributed by atoms with Gasteiger partial charge in [-0.1, -0.05) is 23.8 Å². The molecular weight excluding hydrogens is 430 g/mol. The minimum absolute atomic E-state index is 0.0334. The van der Waals surface area contributed by atoms with E-state index < -0.39 is 21.8 Å². The fourth-order valence-electron chi connectivity index (χ4n) is 3.96. The lowest BCUT2D eigenvalue weighted by molar-refractivity contribution is 0.0648. The molecule has 4 rings (SSSR count). The van der Waals surface area contributed by atoms with E-state index in [4.69, 9.17) is 9.15 Å². The Kier molecular flexibility index (Phi) is 6.06. The molecule has 0 radical (unpaired) electrons. The molecule has 1 aliphatic rings. The Hall–Kier alpha value is -3.13. The van der Waals surface area contributed by atoms with Crippen LogP contribution in [0, 0.1) is 6.92 Å². The molecule has 0 N–H and O–H groups in total. The van der Waals surface area contributed by atoms with E-state index in [2.05, 4.69) is 0 Å². The molecule has 8 heteroatoms. The first-order valence-electron chi connectivity index (χ1n) is 10.5. The number of sulfone groups is 1. The summed E-state index contributed by atoms with van der Waals surface area (Å²) in [4.78, 5) is 27.6. The van der Waals surface area contributed by atoms with Crippen LogP contribution in [-0.4, -0.2) is 43.4 Å². The monoisotopic (exact) mass is 455 g/mol. The molecule has 2 heterocycles. The summed E-state index contributed by atoms with van der Waals surface area (Å²) in [7, 11) is -3.22. The van der Waals surface area contributed by atoms with Crippen molar-refractivity contribution in [3.05, 3.63) is 75.6 Å². The number of fused-ring (bicyclic) bond motifs is 1. The van der Waals surface area contributed by atoms with Crippen molar-refractivity contribution in [1.82, 2.24) is 4.90 Å². The van der Waals surface area contributed by atoms with E-state index in [1.807, 2.05) is 38.1 Å². The maximum absolute atomic E-state index is 13.5. The number of nitrogens with zero attached hydrogens (tertiary/aromatic N) is 1. The van der Waals surface area contributed by atoms with Gasteiger partial charge in [0.2, 0.25) is 0 Å². The molecule has 0 saturated carbocycles. The Morgan fingerprint density at radius 1 is 1.16 bits per heavy atom. The zero-order valence-electron chi connectivity index (χ0n) is 18.0. The number of carbonyl (C=O) groups is 1. The molecule has 0 bridgehead atoms. The molecule has 1 amide bonds. The molecule has 32 heavy (non-hydrogen) atoms. The number of benzene rings is 2. The predicted molar refractivity (Wildman–Crippen MR) is 122 cm³/mol. The van der Waals surface area contributed by atoms with Gasteiger partial charge in [0.1, 0.15) is 11.3 Å². The number of amides is 1. The Labute approximate surface area is 186 Å². The lowest BCUT2D eigenvalue weighted by Crippen LogP contribution is -2.40. The van der Waals surface area contributed by atoms with Crippen LogP contribution in [-0.2, 0) is 16.4 Å². The van der Waals surface area contributed by atoms with Gasteiger partial charge in [0.05, 0.1) is 23.5 Å². The Morgan fingerprint density at radius 2 is 1.91 bits per heavy atom. The van der Waals surface area contributed by atoms with Crippen molar-refractivity contribution < 1.29 is 22.4 Å². The van der Waals surface area contributed by atoms with Crippen LogP contribution in [0.25, 0.3) is 11.0 Å². The molecule has 1 fully saturated rings. The Morgan fingerprint density at radius 3 is 2.56 bits per heavy atom. The summed E-state index contributed by atoms with van der Waals surface area (Å²) in [5, 5.41) is 0.406. The summed E-state index contributed by atoms with van der Waals surface area (Å²) in [5.74, 6) is 0.0499. The van der Waals surface area contributed by atoms with Crippen LogP contribution < -0.4 is 10.2 Å². The van der Waals surface area contributed by atoms with Gasteiger partial charge in [-0.2, -0.15) is 0 Å². The highest BCUT2D eigenvalue weighted by Gasteiger charge is 2.36. The third kappa shape index (κ3) is 4.70. The highest BCUT2D eigenvalue weighted by Crippen LogP contribution is 2.24. The standard InChI is InChI=1S/C24H25NO6S/c1-3-30-19-7-5-17(6-8-19)14-25(18-10-11-32(28,29)15-18)24(27)23-13-21(26)20-12-16(2)4-9-22(20)31-23/h4-9,12-13,18H,3,10-11,14-15H2,1-2H3/t18-/m1/s1. The van der Waals surface area contributed by atoms with E-state index in [1.165, 1.54) is 11.0 Å². The molecule has 1 atom stereocenters. The van der Waals surface area contributed by atoms with Crippen molar-refractivity contribution in [2.45, 2.75) is 32.9 Å². The molecule has 1 saturated heterocycles.